The van der Waals surface area contributed by atoms with E-state index in [0.717, 1.165) is 0 Å². The molecule has 0 aromatic heterocycles. The standard InChI is InChI=1S/C44H48BrSi4/c1-29-26-32(4)41-38(27-29)37-23-17-22-36(35-25-24-30(2)31(3)28-35)42(37)46(41)49(45)43(47(5,6)7)39(33-18-13-11-14-19-33)40(44(49)48(8,9)10)34-20-15-12-16-21-34/h11-28H,1-10H3. The van der Waals surface area contributed by atoms with Crippen LogP contribution >= 0.6 is 15.3 Å². The summed E-state index contributed by atoms with van der Waals surface area (Å²) in [6.07, 6.45) is -2.62. The number of aryl methyl sites for hydroxylation is 4. The predicted molar refractivity (Wildman–Crippen MR) is 229 cm³/mol. The molecule has 5 aromatic carbocycles. The van der Waals surface area contributed by atoms with E-state index < -0.39 is 30.7 Å². The van der Waals surface area contributed by atoms with Crippen molar-refractivity contribution in [3.05, 3.63) is 152 Å². The first-order valence-electron chi connectivity index (χ1n) is 17.6. The van der Waals surface area contributed by atoms with Gasteiger partial charge in [0.1, 0.15) is 8.31 Å². The van der Waals surface area contributed by atoms with E-state index in [4.69, 9.17) is 15.3 Å². The van der Waals surface area contributed by atoms with Crippen LogP contribution in [-0.2, 0) is 0 Å². The maximum absolute atomic E-state index is 5.12. The van der Waals surface area contributed by atoms with E-state index in [0.29, 0.717) is 0 Å². The van der Waals surface area contributed by atoms with Crippen molar-refractivity contribution in [3.63, 3.8) is 0 Å². The molecule has 1 radical (unpaired) electrons. The van der Waals surface area contributed by atoms with Gasteiger partial charge in [-0.25, -0.2) is 0 Å². The summed E-state index contributed by atoms with van der Waals surface area (Å²) in [5, 5.41) is 3.29. The Morgan fingerprint density at radius 1 is 0.469 bits per heavy atom. The van der Waals surface area contributed by atoms with Crippen molar-refractivity contribution in [2.45, 2.75) is 67.0 Å². The Kier molecular flexibility index (Phi) is 8.64. The summed E-state index contributed by atoms with van der Waals surface area (Å²) in [6, 6.07) is 42.2. The zero-order valence-electron chi connectivity index (χ0n) is 30.8. The number of hydrogen-bond donors (Lipinski definition) is 0. The van der Waals surface area contributed by atoms with Gasteiger partial charge in [-0.2, -0.15) is 0 Å². The predicted octanol–water partition coefficient (Wildman–Crippen LogP) is 11.3. The largest absolute Gasteiger partial charge is 0.175 e. The molecule has 0 atom stereocenters. The summed E-state index contributed by atoms with van der Waals surface area (Å²) in [5.74, 6) is 0. The Balaban J connectivity index is 1.70. The Hall–Kier alpha value is -3.07. The minimum absolute atomic E-state index is 1.35. The summed E-state index contributed by atoms with van der Waals surface area (Å²) < 4.78 is 0. The summed E-state index contributed by atoms with van der Waals surface area (Å²) in [6.45, 7) is 24.9. The second-order valence-corrected chi connectivity index (χ2v) is 40.9. The molecule has 0 saturated heterocycles. The number of allylic oxidation sites excluding steroid dienone is 2. The number of hydrogen-bond acceptors (Lipinski definition) is 0. The van der Waals surface area contributed by atoms with Crippen molar-refractivity contribution >= 4 is 67.5 Å². The molecule has 0 fully saturated rings. The van der Waals surface area contributed by atoms with Crippen molar-refractivity contribution in [2.75, 3.05) is 0 Å². The molecular formula is C44H48BrSi4. The average molecular weight is 769 g/mol. The van der Waals surface area contributed by atoms with Crippen LogP contribution in [0.25, 0.3) is 33.4 Å². The zero-order valence-corrected chi connectivity index (χ0v) is 36.4. The lowest BCUT2D eigenvalue weighted by molar-refractivity contribution is 1.34. The Morgan fingerprint density at radius 2 is 1.00 bits per heavy atom. The third-order valence-electron chi connectivity index (χ3n) is 10.6. The first-order valence-corrected chi connectivity index (χ1v) is 31.4. The Morgan fingerprint density at radius 3 is 1.51 bits per heavy atom. The van der Waals surface area contributed by atoms with Gasteiger partial charge in [-0.05, 0) is 93.7 Å². The van der Waals surface area contributed by atoms with Gasteiger partial charge < -0.3 is 0 Å². The molecule has 0 unspecified atom stereocenters. The molecule has 2 aliphatic rings. The van der Waals surface area contributed by atoms with Gasteiger partial charge >= 0.3 is 0 Å². The second kappa shape index (κ2) is 12.3. The van der Waals surface area contributed by atoms with Gasteiger partial charge in [0, 0.05) is 0 Å². The van der Waals surface area contributed by atoms with E-state index in [1.165, 1.54) is 55.6 Å². The number of rotatable bonds is 6. The second-order valence-electron chi connectivity index (χ2n) is 16.3. The zero-order chi connectivity index (χ0) is 35.0. The van der Waals surface area contributed by atoms with Crippen LogP contribution in [0, 0.1) is 27.7 Å². The maximum Gasteiger partial charge on any atom is 0.175 e. The van der Waals surface area contributed by atoms with Crippen LogP contribution in [0.1, 0.15) is 33.4 Å². The minimum Gasteiger partial charge on any atom is -0.118 e. The topological polar surface area (TPSA) is 0 Å². The van der Waals surface area contributed by atoms with E-state index in [-0.39, 0.29) is 0 Å². The van der Waals surface area contributed by atoms with E-state index in [2.05, 4.69) is 176 Å². The smallest absolute Gasteiger partial charge is 0.118 e. The lowest BCUT2D eigenvalue weighted by Gasteiger charge is -2.43. The van der Waals surface area contributed by atoms with Crippen LogP contribution < -0.4 is 10.4 Å². The van der Waals surface area contributed by atoms with Crippen molar-refractivity contribution < 1.29 is 0 Å². The van der Waals surface area contributed by atoms with E-state index in [1.54, 1.807) is 21.5 Å². The highest BCUT2D eigenvalue weighted by atomic mass is 79.9. The van der Waals surface area contributed by atoms with Crippen LogP contribution in [0.3, 0.4) is 0 Å². The summed E-state index contributed by atoms with van der Waals surface area (Å²) >= 11 is 5.12. The molecule has 2 aliphatic heterocycles. The fraction of sp³-hybridized carbons (Fsp3) is 0.227. The summed E-state index contributed by atoms with van der Waals surface area (Å²) in [5.41, 5.74) is 17.2. The lowest BCUT2D eigenvalue weighted by atomic mass is 9.95. The monoisotopic (exact) mass is 767 g/mol. The van der Waals surface area contributed by atoms with Crippen LogP contribution in [0.5, 0.6) is 0 Å². The fourth-order valence-corrected chi connectivity index (χ4v) is 55.6. The Bertz CT molecular complexity index is 2110. The van der Waals surface area contributed by atoms with Gasteiger partial charge in [0.2, 0.25) is 0 Å². The number of halogens is 1. The molecule has 0 amide bonds. The van der Waals surface area contributed by atoms with E-state index in [9.17, 15) is 0 Å². The van der Waals surface area contributed by atoms with Crippen LogP contribution in [0.4, 0.5) is 0 Å². The maximum atomic E-state index is 5.12. The van der Waals surface area contributed by atoms with E-state index in [1.807, 2.05) is 9.64 Å². The Labute approximate surface area is 307 Å². The third-order valence-corrected chi connectivity index (χ3v) is 40.3. The molecule has 5 heteroatoms. The van der Waals surface area contributed by atoms with Gasteiger partial charge in [0.05, 0.1) is 16.1 Å². The molecule has 0 N–H and O–H groups in total. The average Bonchev–Trinajstić information content (AvgIpc) is 3.54. The molecule has 49 heavy (non-hydrogen) atoms. The summed E-state index contributed by atoms with van der Waals surface area (Å²) in [4.78, 5) is 3.62. The molecule has 247 valence electrons. The molecule has 7 rings (SSSR count). The van der Waals surface area contributed by atoms with Gasteiger partial charge in [0.25, 0.3) is 0 Å². The van der Waals surface area contributed by atoms with Crippen LogP contribution in [0.15, 0.2) is 119 Å². The molecule has 0 bridgehead atoms. The van der Waals surface area contributed by atoms with Gasteiger partial charge in [0.15, 0.2) is 6.21 Å². The first-order chi connectivity index (χ1) is 23.1. The normalized spacial score (nSPS) is 16.0. The van der Waals surface area contributed by atoms with Crippen LogP contribution in [0.2, 0.25) is 39.3 Å². The minimum atomic E-state index is -2.62. The molecule has 2 heterocycles. The SMILES string of the molecule is Cc1cc(C)c2c(c1)-c1cccc(-c3ccc(C)c(C)c3)c1[Si]2[Si]1(Br)C([Si](C)(C)C)=C(c2ccccc2)C(c2ccccc2)=C1[Si](C)(C)C. The highest BCUT2D eigenvalue weighted by Gasteiger charge is 2.62. The lowest BCUT2D eigenvalue weighted by Crippen LogP contribution is -2.67. The highest BCUT2D eigenvalue weighted by molar-refractivity contribution is 9.28. The quantitative estimate of drug-likeness (QED) is 0.119. The van der Waals surface area contributed by atoms with Gasteiger partial charge in [-0.15, -0.1) is 15.3 Å². The molecular weight excluding hydrogens is 721 g/mol. The third kappa shape index (κ3) is 5.57. The van der Waals surface area contributed by atoms with Crippen molar-refractivity contribution in [1.29, 1.82) is 0 Å². The number of fused-ring (bicyclic) bond motifs is 3. The van der Waals surface area contributed by atoms with Crippen molar-refractivity contribution in [2.24, 2.45) is 0 Å². The molecule has 0 spiro atoms. The fourth-order valence-electron chi connectivity index (χ4n) is 8.72. The number of benzene rings is 5. The van der Waals surface area contributed by atoms with Gasteiger partial charge in [-0.3, -0.25) is 0 Å². The summed E-state index contributed by atoms with van der Waals surface area (Å²) in [7, 11) is -5.28. The highest BCUT2D eigenvalue weighted by Crippen LogP contribution is 2.57. The van der Waals surface area contributed by atoms with Crippen LogP contribution in [-0.4, -0.2) is 30.7 Å². The van der Waals surface area contributed by atoms with Crippen molar-refractivity contribution in [1.82, 2.24) is 0 Å². The first kappa shape index (κ1) is 34.4. The molecule has 0 nitrogen and oxygen atoms in total. The van der Waals surface area contributed by atoms with E-state index >= 15 is 0 Å². The molecule has 0 aliphatic carbocycles. The van der Waals surface area contributed by atoms with Gasteiger partial charge in [-0.1, -0.05) is 169 Å². The molecule has 0 saturated carbocycles. The molecule has 5 aromatic rings. The van der Waals surface area contributed by atoms with Crippen molar-refractivity contribution in [3.8, 4) is 22.3 Å².